The summed E-state index contributed by atoms with van der Waals surface area (Å²) in [5.74, 6) is 0.287. The summed E-state index contributed by atoms with van der Waals surface area (Å²) >= 11 is 6.89. The number of ether oxygens (including phenoxy) is 2. The van der Waals surface area contributed by atoms with Gasteiger partial charge in [0, 0.05) is 10.9 Å². The predicted octanol–water partition coefficient (Wildman–Crippen LogP) is 4.81. The van der Waals surface area contributed by atoms with E-state index >= 15 is 0 Å². The van der Waals surface area contributed by atoms with Crippen molar-refractivity contribution >= 4 is 48.8 Å². The zero-order chi connectivity index (χ0) is 15.2. The second kappa shape index (κ2) is 7.84. The minimum Gasteiger partial charge on any atom is -0.481 e. The molecule has 0 saturated carbocycles. The number of rotatable bonds is 7. The summed E-state index contributed by atoms with van der Waals surface area (Å²) in [4.78, 5) is 11.6. The highest BCUT2D eigenvalue weighted by molar-refractivity contribution is 9.10. The van der Waals surface area contributed by atoms with Gasteiger partial charge in [-0.25, -0.2) is 4.79 Å². The first-order chi connectivity index (χ1) is 10.2. The predicted molar refractivity (Wildman–Crippen MR) is 87.9 cm³/mol. The maximum atomic E-state index is 11.6. The van der Waals surface area contributed by atoms with E-state index in [0.29, 0.717) is 23.3 Å². The quantitative estimate of drug-likeness (QED) is 0.367. The van der Waals surface area contributed by atoms with Crippen LogP contribution in [0.4, 0.5) is 0 Å². The van der Waals surface area contributed by atoms with Gasteiger partial charge in [-0.05, 0) is 34.5 Å². The third kappa shape index (κ3) is 4.01. The SMILES string of the molecule is CCCCOC(=O)COc1c(CBr)cc(Br)c2occc12. The molecule has 2 aromatic rings. The molecule has 0 aliphatic rings. The normalized spacial score (nSPS) is 10.8. The van der Waals surface area contributed by atoms with Crippen LogP contribution in [0.25, 0.3) is 11.0 Å². The van der Waals surface area contributed by atoms with Crippen LogP contribution < -0.4 is 4.74 Å². The number of hydrogen-bond donors (Lipinski definition) is 0. The van der Waals surface area contributed by atoms with Crippen LogP contribution in [0.15, 0.2) is 27.3 Å². The van der Waals surface area contributed by atoms with Gasteiger partial charge in [0.05, 0.1) is 22.7 Å². The van der Waals surface area contributed by atoms with Crippen molar-refractivity contribution in [3.05, 3.63) is 28.4 Å². The molecule has 0 unspecified atom stereocenters. The smallest absolute Gasteiger partial charge is 0.344 e. The molecule has 0 fully saturated rings. The molecule has 1 aromatic carbocycles. The Bertz CT molecular complexity index is 621. The average molecular weight is 420 g/mol. The molecule has 0 N–H and O–H groups in total. The Morgan fingerprint density at radius 2 is 2.24 bits per heavy atom. The number of fused-ring (bicyclic) bond motifs is 1. The van der Waals surface area contributed by atoms with Gasteiger partial charge in [0.15, 0.2) is 12.2 Å². The maximum absolute atomic E-state index is 11.6. The lowest BCUT2D eigenvalue weighted by Crippen LogP contribution is -2.16. The van der Waals surface area contributed by atoms with E-state index in [1.54, 1.807) is 6.26 Å². The van der Waals surface area contributed by atoms with Gasteiger partial charge in [-0.3, -0.25) is 0 Å². The van der Waals surface area contributed by atoms with Crippen molar-refractivity contribution in [2.24, 2.45) is 0 Å². The lowest BCUT2D eigenvalue weighted by molar-refractivity contribution is -0.146. The van der Waals surface area contributed by atoms with Crippen molar-refractivity contribution in [1.29, 1.82) is 0 Å². The minimum atomic E-state index is -0.358. The van der Waals surface area contributed by atoms with Crippen LogP contribution in [0.2, 0.25) is 0 Å². The minimum absolute atomic E-state index is 0.106. The van der Waals surface area contributed by atoms with Crippen molar-refractivity contribution in [3.8, 4) is 5.75 Å². The number of alkyl halides is 1. The van der Waals surface area contributed by atoms with Gasteiger partial charge in [-0.15, -0.1) is 0 Å². The standard InChI is InChI=1S/C15H16Br2O4/c1-2-3-5-19-13(18)9-21-14-10(8-16)7-12(17)15-11(14)4-6-20-15/h4,6-7H,2-3,5,8-9H2,1H3. The fourth-order valence-corrected chi connectivity index (χ4v) is 2.90. The van der Waals surface area contributed by atoms with E-state index in [1.807, 2.05) is 19.1 Å². The van der Waals surface area contributed by atoms with Gasteiger partial charge < -0.3 is 13.9 Å². The first-order valence-corrected chi connectivity index (χ1v) is 8.61. The summed E-state index contributed by atoms with van der Waals surface area (Å²) in [6.45, 7) is 2.38. The van der Waals surface area contributed by atoms with Crippen molar-refractivity contribution in [2.75, 3.05) is 13.2 Å². The Morgan fingerprint density at radius 3 is 2.95 bits per heavy atom. The number of benzene rings is 1. The fraction of sp³-hybridized carbons (Fsp3) is 0.400. The summed E-state index contributed by atoms with van der Waals surface area (Å²) in [6, 6.07) is 3.74. The molecule has 114 valence electrons. The molecule has 0 bridgehead atoms. The molecule has 0 radical (unpaired) electrons. The lowest BCUT2D eigenvalue weighted by atomic mass is 10.1. The second-order valence-electron chi connectivity index (χ2n) is 4.51. The van der Waals surface area contributed by atoms with Crippen LogP contribution in [0, 0.1) is 0 Å². The van der Waals surface area contributed by atoms with E-state index in [9.17, 15) is 4.79 Å². The van der Waals surface area contributed by atoms with Gasteiger partial charge >= 0.3 is 5.97 Å². The Hall–Kier alpha value is -1.01. The van der Waals surface area contributed by atoms with E-state index in [0.717, 1.165) is 28.3 Å². The summed E-state index contributed by atoms with van der Waals surface area (Å²) in [7, 11) is 0. The van der Waals surface area contributed by atoms with Gasteiger partial charge in [0.25, 0.3) is 0 Å². The first kappa shape index (κ1) is 16.4. The summed E-state index contributed by atoms with van der Waals surface area (Å²) < 4.78 is 17.0. The molecule has 4 nitrogen and oxygen atoms in total. The number of carbonyl (C=O) groups is 1. The third-order valence-electron chi connectivity index (χ3n) is 2.96. The van der Waals surface area contributed by atoms with Crippen LogP contribution in [-0.4, -0.2) is 19.2 Å². The zero-order valence-electron chi connectivity index (χ0n) is 11.7. The van der Waals surface area contributed by atoms with E-state index in [-0.39, 0.29) is 12.6 Å². The second-order valence-corrected chi connectivity index (χ2v) is 5.92. The fourth-order valence-electron chi connectivity index (χ4n) is 1.90. The van der Waals surface area contributed by atoms with Crippen LogP contribution >= 0.6 is 31.9 Å². The highest BCUT2D eigenvalue weighted by Crippen LogP contribution is 2.37. The Morgan fingerprint density at radius 1 is 1.43 bits per heavy atom. The van der Waals surface area contributed by atoms with Gasteiger partial charge in [-0.2, -0.15) is 0 Å². The highest BCUT2D eigenvalue weighted by atomic mass is 79.9. The zero-order valence-corrected chi connectivity index (χ0v) is 14.8. The van der Waals surface area contributed by atoms with E-state index < -0.39 is 0 Å². The molecule has 0 spiro atoms. The molecule has 0 amide bonds. The van der Waals surface area contributed by atoms with E-state index in [1.165, 1.54) is 0 Å². The molecule has 2 rings (SSSR count). The number of halogens is 2. The number of unbranched alkanes of at least 4 members (excludes halogenated alkanes) is 1. The summed E-state index contributed by atoms with van der Waals surface area (Å²) in [6.07, 6.45) is 3.45. The van der Waals surface area contributed by atoms with Crippen molar-refractivity contribution in [1.82, 2.24) is 0 Å². The summed E-state index contributed by atoms with van der Waals surface area (Å²) in [5.41, 5.74) is 1.64. The van der Waals surface area contributed by atoms with Crippen LogP contribution in [0.5, 0.6) is 5.75 Å². The Balaban J connectivity index is 2.12. The first-order valence-electron chi connectivity index (χ1n) is 6.70. The molecule has 6 heteroatoms. The molecule has 0 aliphatic carbocycles. The van der Waals surface area contributed by atoms with E-state index in [2.05, 4.69) is 31.9 Å². The van der Waals surface area contributed by atoms with Crippen molar-refractivity contribution in [3.63, 3.8) is 0 Å². The Kier molecular flexibility index (Phi) is 6.11. The van der Waals surface area contributed by atoms with Gasteiger partial charge in [0.1, 0.15) is 5.75 Å². The average Bonchev–Trinajstić information content (AvgIpc) is 2.96. The van der Waals surface area contributed by atoms with Gasteiger partial charge in [0.2, 0.25) is 0 Å². The number of carbonyl (C=O) groups excluding carboxylic acids is 1. The number of furan rings is 1. The topological polar surface area (TPSA) is 48.7 Å². The number of esters is 1. The van der Waals surface area contributed by atoms with Gasteiger partial charge in [-0.1, -0.05) is 29.3 Å². The molecule has 1 aromatic heterocycles. The van der Waals surface area contributed by atoms with Crippen molar-refractivity contribution in [2.45, 2.75) is 25.1 Å². The summed E-state index contributed by atoms with van der Waals surface area (Å²) in [5, 5.41) is 1.45. The monoisotopic (exact) mass is 418 g/mol. The molecule has 1 heterocycles. The number of hydrogen-bond acceptors (Lipinski definition) is 4. The molecule has 0 saturated heterocycles. The maximum Gasteiger partial charge on any atom is 0.344 e. The van der Waals surface area contributed by atoms with E-state index in [4.69, 9.17) is 13.9 Å². The molecule has 21 heavy (non-hydrogen) atoms. The highest BCUT2D eigenvalue weighted by Gasteiger charge is 2.15. The van der Waals surface area contributed by atoms with Crippen LogP contribution in [-0.2, 0) is 14.9 Å². The largest absolute Gasteiger partial charge is 0.481 e. The van der Waals surface area contributed by atoms with Crippen LogP contribution in [0.3, 0.4) is 0 Å². The third-order valence-corrected chi connectivity index (χ3v) is 4.15. The Labute approximate surface area is 140 Å². The molecule has 0 aliphatic heterocycles. The molecular weight excluding hydrogens is 404 g/mol. The molecule has 0 atom stereocenters. The molecular formula is C15H16Br2O4. The lowest BCUT2D eigenvalue weighted by Gasteiger charge is -2.12. The van der Waals surface area contributed by atoms with Crippen molar-refractivity contribution < 1.29 is 18.7 Å². The van der Waals surface area contributed by atoms with Crippen LogP contribution in [0.1, 0.15) is 25.3 Å².